The molecule has 0 unspecified atom stereocenters. The highest BCUT2D eigenvalue weighted by atomic mass is 32.2. The lowest BCUT2D eigenvalue weighted by Crippen LogP contribution is -2.42. The van der Waals surface area contributed by atoms with Gasteiger partial charge in [-0.2, -0.15) is 0 Å². The van der Waals surface area contributed by atoms with Crippen LogP contribution in [0.25, 0.3) is 0 Å². The summed E-state index contributed by atoms with van der Waals surface area (Å²) < 4.78 is 7.51. The molecular formula is C8H12O5S2. The average Bonchev–Trinajstić information content (AvgIpc) is 2.65. The van der Waals surface area contributed by atoms with Crippen LogP contribution in [0, 0.1) is 5.92 Å². The van der Waals surface area contributed by atoms with E-state index in [4.69, 9.17) is 0 Å². The van der Waals surface area contributed by atoms with Crippen molar-refractivity contribution in [3.05, 3.63) is 0 Å². The van der Waals surface area contributed by atoms with Gasteiger partial charge in [-0.1, -0.05) is 0 Å². The minimum absolute atomic E-state index is 0.686. The van der Waals surface area contributed by atoms with Crippen molar-refractivity contribution >= 4 is 35.5 Å². The van der Waals surface area contributed by atoms with Crippen LogP contribution in [-0.2, 0) is 19.1 Å². The van der Waals surface area contributed by atoms with Crippen LogP contribution < -0.4 is 0 Å². The van der Waals surface area contributed by atoms with Crippen LogP contribution in [-0.4, -0.2) is 47.0 Å². The standard InChI is InChI=1S/C8H12O5S2/c1-12-6(9)5(7(10)13-2)8(11)14-3-4-15-8/h5,11H,3-4H2,1-2H3. The molecule has 1 aliphatic heterocycles. The number of thioether (sulfide) groups is 2. The second kappa shape index (κ2) is 5.09. The van der Waals surface area contributed by atoms with Crippen molar-refractivity contribution in [2.24, 2.45) is 5.92 Å². The molecule has 1 fully saturated rings. The van der Waals surface area contributed by atoms with Crippen LogP contribution in [0.2, 0.25) is 0 Å². The van der Waals surface area contributed by atoms with Crippen molar-refractivity contribution in [2.45, 2.75) is 4.27 Å². The number of carbonyl (C=O) groups is 2. The maximum atomic E-state index is 11.4. The van der Waals surface area contributed by atoms with Gasteiger partial charge in [-0.05, 0) is 0 Å². The van der Waals surface area contributed by atoms with Gasteiger partial charge in [0.1, 0.15) is 0 Å². The summed E-state index contributed by atoms with van der Waals surface area (Å²) >= 11 is 2.31. The number of hydrogen-bond acceptors (Lipinski definition) is 7. The van der Waals surface area contributed by atoms with E-state index in [1.54, 1.807) is 0 Å². The third-order valence-corrected chi connectivity index (χ3v) is 5.02. The molecule has 5 nitrogen and oxygen atoms in total. The molecular weight excluding hydrogens is 240 g/mol. The van der Waals surface area contributed by atoms with E-state index in [9.17, 15) is 14.7 Å². The molecule has 1 saturated heterocycles. The van der Waals surface area contributed by atoms with E-state index in [-0.39, 0.29) is 0 Å². The first-order valence-corrected chi connectivity index (χ1v) is 6.18. The van der Waals surface area contributed by atoms with Crippen molar-refractivity contribution in [3.63, 3.8) is 0 Å². The van der Waals surface area contributed by atoms with Gasteiger partial charge in [0.25, 0.3) is 0 Å². The van der Waals surface area contributed by atoms with E-state index in [0.717, 1.165) is 23.5 Å². The van der Waals surface area contributed by atoms with Crippen molar-refractivity contribution in [1.82, 2.24) is 0 Å². The minimum atomic E-state index is -1.46. The number of rotatable bonds is 3. The number of ether oxygens (including phenoxy) is 2. The molecule has 0 aliphatic carbocycles. The van der Waals surface area contributed by atoms with Gasteiger partial charge in [-0.15, -0.1) is 23.5 Å². The largest absolute Gasteiger partial charge is 0.468 e. The van der Waals surface area contributed by atoms with Crippen LogP contribution in [0.15, 0.2) is 0 Å². The van der Waals surface area contributed by atoms with E-state index >= 15 is 0 Å². The van der Waals surface area contributed by atoms with Crippen LogP contribution in [0.4, 0.5) is 0 Å². The van der Waals surface area contributed by atoms with Crippen LogP contribution in [0.5, 0.6) is 0 Å². The molecule has 0 aromatic rings. The van der Waals surface area contributed by atoms with Crippen molar-refractivity contribution in [1.29, 1.82) is 0 Å². The van der Waals surface area contributed by atoms with E-state index in [0.29, 0.717) is 11.5 Å². The molecule has 0 atom stereocenters. The molecule has 15 heavy (non-hydrogen) atoms. The number of methoxy groups -OCH3 is 2. The summed E-state index contributed by atoms with van der Waals surface area (Å²) in [4.78, 5) is 22.8. The molecule has 86 valence electrons. The van der Waals surface area contributed by atoms with E-state index in [1.165, 1.54) is 14.2 Å². The Morgan fingerprint density at radius 3 is 1.93 bits per heavy atom. The highest BCUT2D eigenvalue weighted by molar-refractivity contribution is 8.21. The third kappa shape index (κ3) is 2.59. The highest BCUT2D eigenvalue weighted by Crippen LogP contribution is 2.47. The SMILES string of the molecule is COC(=O)C(C(=O)OC)C1(O)SCCS1. The molecule has 1 aliphatic rings. The molecule has 0 aromatic carbocycles. The van der Waals surface area contributed by atoms with Gasteiger partial charge in [-0.3, -0.25) is 9.59 Å². The normalized spacial score (nSPS) is 18.9. The molecule has 1 N–H and O–H groups in total. The summed E-state index contributed by atoms with van der Waals surface area (Å²) in [6.07, 6.45) is 0. The topological polar surface area (TPSA) is 72.8 Å². The first-order valence-electron chi connectivity index (χ1n) is 4.21. The summed E-state index contributed by atoms with van der Waals surface area (Å²) in [6, 6.07) is 0. The van der Waals surface area contributed by atoms with Crippen LogP contribution >= 0.6 is 23.5 Å². The Bertz CT molecular complexity index is 246. The Hall–Kier alpha value is -0.400. The van der Waals surface area contributed by atoms with E-state index in [2.05, 4.69) is 9.47 Å². The monoisotopic (exact) mass is 252 g/mol. The summed E-state index contributed by atoms with van der Waals surface area (Å²) in [5.74, 6) is -1.46. The van der Waals surface area contributed by atoms with Gasteiger partial charge >= 0.3 is 11.9 Å². The molecule has 0 saturated carbocycles. The second-order valence-corrected chi connectivity index (χ2v) is 5.70. The first kappa shape index (κ1) is 12.7. The van der Waals surface area contributed by atoms with Gasteiger partial charge in [-0.25, -0.2) is 0 Å². The zero-order chi connectivity index (χ0) is 11.5. The van der Waals surface area contributed by atoms with Gasteiger partial charge in [0.15, 0.2) is 4.27 Å². The van der Waals surface area contributed by atoms with Crippen LogP contribution in [0.1, 0.15) is 0 Å². The summed E-state index contributed by atoms with van der Waals surface area (Å²) in [5.41, 5.74) is 0. The van der Waals surface area contributed by atoms with Gasteiger partial charge in [0.05, 0.1) is 14.2 Å². The fourth-order valence-electron chi connectivity index (χ4n) is 1.21. The molecule has 7 heteroatoms. The number of aliphatic hydroxyl groups is 1. The number of hydrogen-bond donors (Lipinski definition) is 1. The molecule has 0 radical (unpaired) electrons. The summed E-state index contributed by atoms with van der Waals surface area (Å²) in [7, 11) is 2.35. The van der Waals surface area contributed by atoms with Crippen LogP contribution in [0.3, 0.4) is 0 Å². The molecule has 0 spiro atoms. The summed E-state index contributed by atoms with van der Waals surface area (Å²) in [5, 5.41) is 10.1. The maximum absolute atomic E-state index is 11.4. The Kier molecular flexibility index (Phi) is 4.30. The molecule has 0 bridgehead atoms. The van der Waals surface area contributed by atoms with Crippen molar-refractivity contribution in [3.8, 4) is 0 Å². The number of esters is 2. The lowest BCUT2D eigenvalue weighted by molar-refractivity contribution is -0.162. The minimum Gasteiger partial charge on any atom is -0.468 e. The Morgan fingerprint density at radius 1 is 1.20 bits per heavy atom. The fourth-order valence-corrected chi connectivity index (χ4v) is 4.02. The van der Waals surface area contributed by atoms with Gasteiger partial charge in [0, 0.05) is 11.5 Å². The van der Waals surface area contributed by atoms with Gasteiger partial charge in [0.2, 0.25) is 5.92 Å². The Morgan fingerprint density at radius 2 is 1.60 bits per heavy atom. The van der Waals surface area contributed by atoms with Gasteiger partial charge < -0.3 is 14.6 Å². The average molecular weight is 252 g/mol. The highest BCUT2D eigenvalue weighted by Gasteiger charge is 2.51. The second-order valence-electron chi connectivity index (χ2n) is 2.81. The fraction of sp³-hybridized carbons (Fsp3) is 0.750. The molecule has 1 rings (SSSR count). The molecule has 0 amide bonds. The lowest BCUT2D eigenvalue weighted by Gasteiger charge is -2.26. The Labute approximate surface area is 95.9 Å². The van der Waals surface area contributed by atoms with E-state index < -0.39 is 22.1 Å². The zero-order valence-electron chi connectivity index (χ0n) is 8.39. The molecule has 0 aromatic heterocycles. The Balaban J connectivity index is 2.89. The summed E-state index contributed by atoms with van der Waals surface area (Å²) in [6.45, 7) is 0. The molecule has 1 heterocycles. The quantitative estimate of drug-likeness (QED) is 0.563. The number of carbonyl (C=O) groups excluding carboxylic acids is 2. The predicted molar refractivity (Wildman–Crippen MR) is 57.4 cm³/mol. The maximum Gasteiger partial charge on any atom is 0.324 e. The third-order valence-electron chi connectivity index (χ3n) is 1.94. The predicted octanol–water partition coefficient (Wildman–Crippen LogP) is 0.0747. The lowest BCUT2D eigenvalue weighted by atomic mass is 10.1. The zero-order valence-corrected chi connectivity index (χ0v) is 10.0. The van der Waals surface area contributed by atoms with Crippen molar-refractivity contribution < 1.29 is 24.2 Å². The van der Waals surface area contributed by atoms with E-state index in [1.807, 2.05) is 0 Å². The van der Waals surface area contributed by atoms with Crippen molar-refractivity contribution in [2.75, 3.05) is 25.7 Å². The first-order chi connectivity index (χ1) is 7.05. The smallest absolute Gasteiger partial charge is 0.324 e.